The first-order valence-corrected chi connectivity index (χ1v) is 8.77. The van der Waals surface area contributed by atoms with E-state index < -0.39 is 5.97 Å². The van der Waals surface area contributed by atoms with Crippen LogP contribution in [0.4, 0.5) is 0 Å². The standard InChI is InChI=1S/C19H17BrO4/c1-3-22-19(21)13-8-17(23-14-6-4-12(2)5-7-14)16-10-15(11-20)24-18(16)9-13/h4-10H,3,11H2,1-2H3. The third-order valence-electron chi connectivity index (χ3n) is 3.54. The van der Waals surface area contributed by atoms with Crippen LogP contribution in [-0.4, -0.2) is 12.6 Å². The second-order valence-corrected chi connectivity index (χ2v) is 5.93. The molecule has 0 radical (unpaired) electrons. The lowest BCUT2D eigenvalue weighted by molar-refractivity contribution is 0.0526. The van der Waals surface area contributed by atoms with Crippen LogP contribution >= 0.6 is 15.9 Å². The smallest absolute Gasteiger partial charge is 0.338 e. The van der Waals surface area contributed by atoms with Crippen LogP contribution < -0.4 is 4.74 Å². The number of rotatable bonds is 5. The van der Waals surface area contributed by atoms with Gasteiger partial charge in [0.2, 0.25) is 0 Å². The number of hydrogen-bond donors (Lipinski definition) is 0. The summed E-state index contributed by atoms with van der Waals surface area (Å²) in [5.41, 5.74) is 2.15. The van der Waals surface area contributed by atoms with Crippen molar-refractivity contribution in [3.63, 3.8) is 0 Å². The van der Waals surface area contributed by atoms with Gasteiger partial charge >= 0.3 is 5.97 Å². The predicted molar refractivity (Wildman–Crippen MR) is 96.1 cm³/mol. The molecule has 2 aromatic carbocycles. The van der Waals surface area contributed by atoms with E-state index in [0.29, 0.717) is 34.6 Å². The number of ether oxygens (including phenoxy) is 2. The minimum Gasteiger partial charge on any atom is -0.462 e. The van der Waals surface area contributed by atoms with E-state index >= 15 is 0 Å². The molecule has 0 atom stereocenters. The topological polar surface area (TPSA) is 48.7 Å². The number of alkyl halides is 1. The Hall–Kier alpha value is -2.27. The maximum atomic E-state index is 12.1. The van der Waals surface area contributed by atoms with E-state index in [4.69, 9.17) is 13.9 Å². The summed E-state index contributed by atoms with van der Waals surface area (Å²) in [6.45, 7) is 4.10. The third-order valence-corrected chi connectivity index (χ3v) is 4.09. The molecule has 0 N–H and O–H groups in total. The van der Waals surface area contributed by atoms with Gasteiger partial charge in [-0.05, 0) is 44.2 Å². The molecule has 0 aliphatic carbocycles. The summed E-state index contributed by atoms with van der Waals surface area (Å²) in [5, 5.41) is 1.40. The van der Waals surface area contributed by atoms with Gasteiger partial charge in [-0.3, -0.25) is 0 Å². The molecule has 0 amide bonds. The molecule has 0 spiro atoms. The Labute approximate surface area is 148 Å². The van der Waals surface area contributed by atoms with Crippen LogP contribution in [0.15, 0.2) is 46.9 Å². The molecule has 0 unspecified atom stereocenters. The highest BCUT2D eigenvalue weighted by Crippen LogP contribution is 2.34. The van der Waals surface area contributed by atoms with E-state index in [2.05, 4.69) is 15.9 Å². The number of esters is 1. The fourth-order valence-electron chi connectivity index (χ4n) is 2.38. The zero-order chi connectivity index (χ0) is 17.1. The fraction of sp³-hybridized carbons (Fsp3) is 0.211. The van der Waals surface area contributed by atoms with Crippen LogP contribution in [0.25, 0.3) is 11.0 Å². The number of fused-ring (bicyclic) bond motifs is 1. The molecule has 1 heterocycles. The van der Waals surface area contributed by atoms with Crippen molar-refractivity contribution in [2.24, 2.45) is 0 Å². The summed E-state index contributed by atoms with van der Waals surface area (Å²) in [5.74, 6) is 1.63. The fourth-order valence-corrected chi connectivity index (χ4v) is 2.65. The summed E-state index contributed by atoms with van der Waals surface area (Å²) in [4.78, 5) is 12.1. The maximum Gasteiger partial charge on any atom is 0.338 e. The second-order valence-electron chi connectivity index (χ2n) is 5.37. The highest BCUT2D eigenvalue weighted by molar-refractivity contribution is 9.08. The van der Waals surface area contributed by atoms with Crippen LogP contribution in [0.1, 0.15) is 28.6 Å². The lowest BCUT2D eigenvalue weighted by Crippen LogP contribution is -2.04. The van der Waals surface area contributed by atoms with Crippen LogP contribution in [-0.2, 0) is 10.1 Å². The molecular formula is C19H17BrO4. The predicted octanol–water partition coefficient (Wildman–Crippen LogP) is 5.61. The van der Waals surface area contributed by atoms with Gasteiger partial charge in [0.1, 0.15) is 22.8 Å². The molecule has 0 saturated heterocycles. The molecular weight excluding hydrogens is 372 g/mol. The lowest BCUT2D eigenvalue weighted by Gasteiger charge is -2.09. The summed E-state index contributed by atoms with van der Waals surface area (Å²) in [6.07, 6.45) is 0. The highest BCUT2D eigenvalue weighted by Gasteiger charge is 2.16. The van der Waals surface area contributed by atoms with Crippen molar-refractivity contribution in [1.29, 1.82) is 0 Å². The van der Waals surface area contributed by atoms with Crippen molar-refractivity contribution in [2.45, 2.75) is 19.2 Å². The van der Waals surface area contributed by atoms with Gasteiger partial charge < -0.3 is 13.9 Å². The molecule has 0 aliphatic rings. The molecule has 0 fully saturated rings. The Balaban J connectivity index is 2.06. The Morgan fingerprint density at radius 1 is 1.17 bits per heavy atom. The molecule has 124 valence electrons. The third kappa shape index (κ3) is 3.46. The molecule has 24 heavy (non-hydrogen) atoms. The first-order chi connectivity index (χ1) is 11.6. The molecule has 1 aromatic heterocycles. The number of hydrogen-bond acceptors (Lipinski definition) is 4. The van der Waals surface area contributed by atoms with Crippen molar-refractivity contribution in [2.75, 3.05) is 6.61 Å². The Bertz CT molecular complexity index is 865. The number of halogens is 1. The van der Waals surface area contributed by atoms with Crippen LogP contribution in [0.5, 0.6) is 11.5 Å². The van der Waals surface area contributed by atoms with E-state index in [1.807, 2.05) is 37.3 Å². The van der Waals surface area contributed by atoms with E-state index in [-0.39, 0.29) is 0 Å². The highest BCUT2D eigenvalue weighted by atomic mass is 79.9. The number of aryl methyl sites for hydroxylation is 1. The van der Waals surface area contributed by atoms with E-state index in [0.717, 1.165) is 16.7 Å². The van der Waals surface area contributed by atoms with Gasteiger partial charge in [-0.2, -0.15) is 0 Å². The van der Waals surface area contributed by atoms with Crippen LogP contribution in [0.2, 0.25) is 0 Å². The SMILES string of the molecule is CCOC(=O)c1cc(Oc2ccc(C)cc2)c2cc(CBr)oc2c1. The molecule has 3 aromatic rings. The van der Waals surface area contributed by atoms with E-state index in [9.17, 15) is 4.79 Å². The van der Waals surface area contributed by atoms with Gasteiger partial charge in [0.15, 0.2) is 0 Å². The van der Waals surface area contributed by atoms with Crippen molar-refractivity contribution >= 4 is 32.9 Å². The monoisotopic (exact) mass is 388 g/mol. The quantitative estimate of drug-likeness (QED) is 0.421. The van der Waals surface area contributed by atoms with Gasteiger partial charge in [-0.1, -0.05) is 33.6 Å². The van der Waals surface area contributed by atoms with Gasteiger partial charge in [-0.15, -0.1) is 0 Å². The number of carbonyl (C=O) groups excluding carboxylic acids is 1. The summed E-state index contributed by atoms with van der Waals surface area (Å²) < 4.78 is 16.8. The van der Waals surface area contributed by atoms with Crippen molar-refractivity contribution in [3.8, 4) is 11.5 Å². The van der Waals surface area contributed by atoms with Crippen molar-refractivity contribution in [1.82, 2.24) is 0 Å². The molecule has 0 saturated carbocycles. The minimum atomic E-state index is -0.398. The van der Waals surface area contributed by atoms with Gasteiger partial charge in [0, 0.05) is 0 Å². The first kappa shape index (κ1) is 16.6. The second kappa shape index (κ2) is 7.09. The molecule has 4 nitrogen and oxygen atoms in total. The molecule has 3 rings (SSSR count). The van der Waals surface area contributed by atoms with E-state index in [1.165, 1.54) is 0 Å². The zero-order valence-corrected chi connectivity index (χ0v) is 15.1. The Morgan fingerprint density at radius 2 is 1.92 bits per heavy atom. The summed E-state index contributed by atoms with van der Waals surface area (Å²) >= 11 is 3.38. The zero-order valence-electron chi connectivity index (χ0n) is 13.5. The summed E-state index contributed by atoms with van der Waals surface area (Å²) in [7, 11) is 0. The summed E-state index contributed by atoms with van der Waals surface area (Å²) in [6, 6.07) is 13.0. The molecule has 5 heteroatoms. The number of carbonyl (C=O) groups is 1. The Morgan fingerprint density at radius 3 is 2.58 bits per heavy atom. The molecule has 0 aliphatic heterocycles. The Kier molecular flexibility index (Phi) is 4.90. The van der Waals surface area contributed by atoms with Crippen molar-refractivity contribution < 1.29 is 18.7 Å². The van der Waals surface area contributed by atoms with Gasteiger partial charge in [0.05, 0.1) is 22.9 Å². The number of benzene rings is 2. The van der Waals surface area contributed by atoms with Gasteiger partial charge in [0.25, 0.3) is 0 Å². The van der Waals surface area contributed by atoms with Crippen molar-refractivity contribution in [3.05, 3.63) is 59.4 Å². The number of furan rings is 1. The minimum absolute atomic E-state index is 0.315. The lowest BCUT2D eigenvalue weighted by atomic mass is 10.1. The van der Waals surface area contributed by atoms with Crippen LogP contribution in [0, 0.1) is 6.92 Å². The maximum absolute atomic E-state index is 12.1. The van der Waals surface area contributed by atoms with Gasteiger partial charge in [-0.25, -0.2) is 4.79 Å². The average Bonchev–Trinajstić information content (AvgIpc) is 3.00. The molecule has 0 bridgehead atoms. The first-order valence-electron chi connectivity index (χ1n) is 7.64. The van der Waals surface area contributed by atoms with E-state index in [1.54, 1.807) is 19.1 Å². The average molecular weight is 389 g/mol. The van der Waals surface area contributed by atoms with Crippen LogP contribution in [0.3, 0.4) is 0 Å². The largest absolute Gasteiger partial charge is 0.462 e. The normalized spacial score (nSPS) is 10.8.